The van der Waals surface area contributed by atoms with Crippen molar-refractivity contribution in [2.75, 3.05) is 0 Å². The van der Waals surface area contributed by atoms with E-state index in [0.29, 0.717) is 0 Å². The molecule has 3 heteroatoms. The van der Waals surface area contributed by atoms with Crippen LogP contribution in [0, 0.1) is 0 Å². The summed E-state index contributed by atoms with van der Waals surface area (Å²) in [5.41, 5.74) is 1.16. The maximum Gasteiger partial charge on any atom is 0.165 e. The van der Waals surface area contributed by atoms with Crippen LogP contribution in [0.2, 0.25) is 0 Å². The van der Waals surface area contributed by atoms with Gasteiger partial charge in [0.15, 0.2) is 5.76 Å². The summed E-state index contributed by atoms with van der Waals surface area (Å²) in [7, 11) is 0. The van der Waals surface area contributed by atoms with Crippen molar-refractivity contribution in [2.45, 2.75) is 12.8 Å². The Morgan fingerprint density at radius 1 is 1.31 bits per heavy atom. The van der Waals surface area contributed by atoms with Crippen LogP contribution in [-0.4, -0.2) is 0 Å². The zero-order valence-electron chi connectivity index (χ0n) is 7.00. The first-order chi connectivity index (χ1) is 6.38. The highest BCUT2D eigenvalue weighted by molar-refractivity contribution is 9.11. The Labute approximate surface area is 85.3 Å². The molecular formula is C10H9BrO2. The van der Waals surface area contributed by atoms with Crippen molar-refractivity contribution in [3.8, 4) is 0 Å². The second-order valence-electron chi connectivity index (χ2n) is 2.78. The van der Waals surface area contributed by atoms with E-state index in [-0.39, 0.29) is 0 Å². The van der Waals surface area contributed by atoms with Gasteiger partial charge in [0.05, 0.1) is 0 Å². The molecule has 1 aliphatic heterocycles. The third-order valence-corrected chi connectivity index (χ3v) is 2.66. The van der Waals surface area contributed by atoms with Gasteiger partial charge in [-0.2, -0.15) is 0 Å². The molecule has 0 aromatic rings. The molecule has 2 aliphatic rings. The van der Waals surface area contributed by atoms with E-state index in [9.17, 15) is 0 Å². The topological polar surface area (TPSA) is 18.5 Å². The third kappa shape index (κ3) is 1.86. The molecule has 0 fully saturated rings. The van der Waals surface area contributed by atoms with Crippen LogP contribution in [0.25, 0.3) is 0 Å². The Morgan fingerprint density at radius 2 is 2.23 bits per heavy atom. The van der Waals surface area contributed by atoms with Crippen LogP contribution in [0.5, 0.6) is 0 Å². The Balaban J connectivity index is 2.24. The van der Waals surface area contributed by atoms with Crippen LogP contribution in [0.15, 0.2) is 46.8 Å². The highest BCUT2D eigenvalue weighted by atomic mass is 79.9. The fraction of sp³-hybridized carbons (Fsp3) is 0.200. The molecule has 1 heterocycles. The molecule has 0 radical (unpaired) electrons. The molecule has 68 valence electrons. The summed E-state index contributed by atoms with van der Waals surface area (Å²) in [6, 6.07) is 0. The van der Waals surface area contributed by atoms with E-state index >= 15 is 0 Å². The standard InChI is InChI=1S/C10H9BrO2/c11-9-4-2-1-3-8(9)10-7-12-5-6-13-10/h2,4-7H,1,3H2. The van der Waals surface area contributed by atoms with Gasteiger partial charge in [-0.05, 0) is 12.8 Å². The number of halogens is 1. The highest BCUT2D eigenvalue weighted by Gasteiger charge is 2.13. The number of rotatable bonds is 1. The van der Waals surface area contributed by atoms with Gasteiger partial charge in [0.1, 0.15) is 18.8 Å². The summed E-state index contributed by atoms with van der Waals surface area (Å²) >= 11 is 3.48. The van der Waals surface area contributed by atoms with E-state index < -0.39 is 0 Å². The summed E-state index contributed by atoms with van der Waals surface area (Å²) in [6.45, 7) is 0. The van der Waals surface area contributed by atoms with Crippen molar-refractivity contribution in [1.29, 1.82) is 0 Å². The Hall–Kier alpha value is -0.960. The zero-order valence-corrected chi connectivity index (χ0v) is 8.58. The fourth-order valence-corrected chi connectivity index (χ4v) is 1.86. The predicted molar refractivity (Wildman–Crippen MR) is 53.7 cm³/mol. The lowest BCUT2D eigenvalue weighted by Gasteiger charge is -2.16. The molecule has 0 aromatic heterocycles. The monoisotopic (exact) mass is 240 g/mol. The minimum absolute atomic E-state index is 0.790. The predicted octanol–water partition coefficient (Wildman–Crippen LogP) is 3.34. The van der Waals surface area contributed by atoms with Crippen molar-refractivity contribution in [3.63, 3.8) is 0 Å². The molecule has 0 atom stereocenters. The van der Waals surface area contributed by atoms with E-state index in [1.807, 2.05) is 6.08 Å². The van der Waals surface area contributed by atoms with Crippen molar-refractivity contribution in [2.24, 2.45) is 0 Å². The van der Waals surface area contributed by atoms with E-state index in [0.717, 1.165) is 28.7 Å². The molecule has 0 saturated heterocycles. The molecule has 0 bridgehead atoms. The van der Waals surface area contributed by atoms with Gasteiger partial charge in [0, 0.05) is 10.1 Å². The van der Waals surface area contributed by atoms with Crippen molar-refractivity contribution in [1.82, 2.24) is 0 Å². The maximum absolute atomic E-state index is 5.32. The van der Waals surface area contributed by atoms with Gasteiger partial charge in [-0.15, -0.1) is 0 Å². The SMILES string of the molecule is BrC1=C(C2=COC=CO2)CCC=C1. The van der Waals surface area contributed by atoms with Crippen molar-refractivity contribution < 1.29 is 9.47 Å². The van der Waals surface area contributed by atoms with E-state index in [1.165, 1.54) is 6.26 Å². The van der Waals surface area contributed by atoms with Crippen LogP contribution in [0.3, 0.4) is 0 Å². The second kappa shape index (κ2) is 3.83. The van der Waals surface area contributed by atoms with Crippen LogP contribution in [0.4, 0.5) is 0 Å². The molecule has 13 heavy (non-hydrogen) atoms. The first kappa shape index (κ1) is 8.63. The Bertz CT molecular complexity index is 324. The first-order valence-electron chi connectivity index (χ1n) is 4.11. The number of hydrogen-bond acceptors (Lipinski definition) is 2. The van der Waals surface area contributed by atoms with Gasteiger partial charge in [0.25, 0.3) is 0 Å². The van der Waals surface area contributed by atoms with Gasteiger partial charge in [-0.25, -0.2) is 0 Å². The number of allylic oxidation sites excluding steroid dienone is 4. The van der Waals surface area contributed by atoms with Gasteiger partial charge < -0.3 is 9.47 Å². The largest absolute Gasteiger partial charge is 0.466 e. The summed E-state index contributed by atoms with van der Waals surface area (Å²) in [5.74, 6) is 0.790. The lowest BCUT2D eigenvalue weighted by molar-refractivity contribution is 0.262. The van der Waals surface area contributed by atoms with Gasteiger partial charge in [-0.1, -0.05) is 28.1 Å². The summed E-state index contributed by atoms with van der Waals surface area (Å²) < 4.78 is 11.4. The fourth-order valence-electron chi connectivity index (χ4n) is 1.28. The quantitative estimate of drug-likeness (QED) is 0.700. The van der Waals surface area contributed by atoms with Crippen LogP contribution >= 0.6 is 15.9 Å². The van der Waals surface area contributed by atoms with Crippen LogP contribution in [-0.2, 0) is 9.47 Å². The first-order valence-corrected chi connectivity index (χ1v) is 4.90. The molecular weight excluding hydrogens is 232 g/mol. The van der Waals surface area contributed by atoms with Gasteiger partial charge in [-0.3, -0.25) is 0 Å². The Kier molecular flexibility index (Phi) is 2.54. The van der Waals surface area contributed by atoms with Crippen molar-refractivity contribution >= 4 is 15.9 Å². The number of hydrogen-bond donors (Lipinski definition) is 0. The second-order valence-corrected chi connectivity index (χ2v) is 3.63. The van der Waals surface area contributed by atoms with E-state index in [4.69, 9.17) is 9.47 Å². The molecule has 0 spiro atoms. The molecule has 0 unspecified atom stereocenters. The molecule has 0 N–H and O–H groups in total. The highest BCUT2D eigenvalue weighted by Crippen LogP contribution is 2.30. The summed E-state index contributed by atoms with van der Waals surface area (Å²) in [6.07, 6.45) is 10.9. The molecule has 0 aromatic carbocycles. The summed E-state index contributed by atoms with van der Waals surface area (Å²) in [5, 5.41) is 0. The molecule has 0 saturated carbocycles. The van der Waals surface area contributed by atoms with Gasteiger partial charge >= 0.3 is 0 Å². The minimum atomic E-state index is 0.790. The number of ether oxygens (including phenoxy) is 2. The smallest absolute Gasteiger partial charge is 0.165 e. The average molecular weight is 241 g/mol. The lowest BCUT2D eigenvalue weighted by atomic mass is 10.0. The minimum Gasteiger partial charge on any atom is -0.466 e. The molecule has 0 amide bonds. The zero-order chi connectivity index (χ0) is 9.10. The molecule has 2 nitrogen and oxygen atoms in total. The van der Waals surface area contributed by atoms with Crippen LogP contribution < -0.4 is 0 Å². The molecule has 1 aliphatic carbocycles. The lowest BCUT2D eigenvalue weighted by Crippen LogP contribution is -1.99. The van der Waals surface area contributed by atoms with E-state index in [1.54, 1.807) is 12.5 Å². The third-order valence-electron chi connectivity index (χ3n) is 1.92. The summed E-state index contributed by atoms with van der Waals surface area (Å²) in [4.78, 5) is 0. The molecule has 2 rings (SSSR count). The Morgan fingerprint density at radius 3 is 2.92 bits per heavy atom. The van der Waals surface area contributed by atoms with Crippen molar-refractivity contribution in [3.05, 3.63) is 46.8 Å². The van der Waals surface area contributed by atoms with E-state index in [2.05, 4.69) is 22.0 Å². The maximum atomic E-state index is 5.32. The van der Waals surface area contributed by atoms with Gasteiger partial charge in [0.2, 0.25) is 0 Å². The average Bonchev–Trinajstić information content (AvgIpc) is 2.20. The van der Waals surface area contributed by atoms with Crippen LogP contribution in [0.1, 0.15) is 12.8 Å². The normalized spacial score (nSPS) is 20.8.